The molecule has 0 aliphatic heterocycles. The van der Waals surface area contributed by atoms with Gasteiger partial charge in [-0.05, 0) is 13.3 Å². The molecule has 1 aromatic rings. The van der Waals surface area contributed by atoms with Gasteiger partial charge in [0.25, 0.3) is 5.91 Å². The second-order valence-electron chi connectivity index (χ2n) is 3.93. The van der Waals surface area contributed by atoms with Crippen molar-refractivity contribution in [2.45, 2.75) is 25.8 Å². The van der Waals surface area contributed by atoms with Gasteiger partial charge in [0, 0.05) is 19.1 Å². The normalized spacial score (nSPS) is 14.7. The van der Waals surface area contributed by atoms with Crippen LogP contribution >= 0.6 is 11.6 Å². The highest BCUT2D eigenvalue weighted by molar-refractivity contribution is 6.18. The van der Waals surface area contributed by atoms with E-state index in [4.69, 9.17) is 11.6 Å². The maximum Gasteiger partial charge on any atom is 0.271 e. The number of rotatable bonds is 4. The minimum absolute atomic E-state index is 0.180. The topological polar surface area (TPSA) is 46.9 Å². The van der Waals surface area contributed by atoms with Gasteiger partial charge in [0.2, 0.25) is 0 Å². The van der Waals surface area contributed by atoms with Crippen molar-refractivity contribution in [3.63, 3.8) is 0 Å². The standard InChI is InChI=1S/C10H16ClN3O/c1-4-10(2,6-11)13-9(15)8-5-14(3)7-12-8/h5,7H,4,6H2,1-3H3,(H,13,15). The number of imidazole rings is 1. The van der Waals surface area contributed by atoms with Crippen LogP contribution in [-0.4, -0.2) is 26.9 Å². The summed E-state index contributed by atoms with van der Waals surface area (Å²) >= 11 is 5.81. The Morgan fingerprint density at radius 2 is 2.40 bits per heavy atom. The Morgan fingerprint density at radius 3 is 2.80 bits per heavy atom. The molecule has 1 heterocycles. The van der Waals surface area contributed by atoms with Crippen molar-refractivity contribution in [2.24, 2.45) is 7.05 Å². The summed E-state index contributed by atoms with van der Waals surface area (Å²) < 4.78 is 1.74. The van der Waals surface area contributed by atoms with Crippen molar-refractivity contribution in [2.75, 3.05) is 5.88 Å². The van der Waals surface area contributed by atoms with Gasteiger partial charge >= 0.3 is 0 Å². The number of carbonyl (C=O) groups is 1. The van der Waals surface area contributed by atoms with Crippen LogP contribution in [0.2, 0.25) is 0 Å². The van der Waals surface area contributed by atoms with Gasteiger partial charge in [-0.3, -0.25) is 4.79 Å². The zero-order valence-corrected chi connectivity index (χ0v) is 10.0. The molecule has 5 heteroatoms. The van der Waals surface area contributed by atoms with Gasteiger partial charge in [-0.1, -0.05) is 6.92 Å². The average molecular weight is 230 g/mol. The minimum Gasteiger partial charge on any atom is -0.344 e. The average Bonchev–Trinajstić information content (AvgIpc) is 2.65. The maximum absolute atomic E-state index is 11.7. The van der Waals surface area contributed by atoms with Crippen LogP contribution in [0, 0.1) is 0 Å². The van der Waals surface area contributed by atoms with E-state index in [0.717, 1.165) is 6.42 Å². The van der Waals surface area contributed by atoms with Gasteiger partial charge in [0.15, 0.2) is 0 Å². The van der Waals surface area contributed by atoms with Crippen molar-refractivity contribution in [1.29, 1.82) is 0 Å². The summed E-state index contributed by atoms with van der Waals surface area (Å²) in [5.74, 6) is 0.211. The van der Waals surface area contributed by atoms with Gasteiger partial charge in [0.1, 0.15) is 5.69 Å². The summed E-state index contributed by atoms with van der Waals surface area (Å²) in [7, 11) is 1.82. The first-order chi connectivity index (χ1) is 7.00. The van der Waals surface area contributed by atoms with Crippen molar-refractivity contribution in [1.82, 2.24) is 14.9 Å². The second-order valence-corrected chi connectivity index (χ2v) is 4.19. The maximum atomic E-state index is 11.7. The lowest BCUT2D eigenvalue weighted by Crippen LogP contribution is -2.47. The number of hydrogen-bond acceptors (Lipinski definition) is 2. The highest BCUT2D eigenvalue weighted by atomic mass is 35.5. The summed E-state index contributed by atoms with van der Waals surface area (Å²) in [6, 6.07) is 0. The number of amides is 1. The molecule has 0 spiro atoms. The molecule has 0 radical (unpaired) electrons. The molecule has 0 fully saturated rings. The molecule has 1 rings (SSSR count). The smallest absolute Gasteiger partial charge is 0.271 e. The van der Waals surface area contributed by atoms with Crippen molar-refractivity contribution in [3.8, 4) is 0 Å². The van der Waals surface area contributed by atoms with Crippen LogP contribution in [0.3, 0.4) is 0 Å². The molecule has 1 atom stereocenters. The molecule has 0 saturated carbocycles. The first-order valence-corrected chi connectivity index (χ1v) is 5.40. The Morgan fingerprint density at radius 1 is 1.73 bits per heavy atom. The Kier molecular flexibility index (Phi) is 3.74. The summed E-state index contributed by atoms with van der Waals surface area (Å²) in [6.45, 7) is 3.90. The molecule has 1 aromatic heterocycles. The Labute approximate surface area is 94.6 Å². The van der Waals surface area contributed by atoms with Gasteiger partial charge in [-0.15, -0.1) is 11.6 Å². The molecule has 0 bridgehead atoms. The fraction of sp³-hybridized carbons (Fsp3) is 0.600. The number of nitrogens with zero attached hydrogens (tertiary/aromatic N) is 2. The number of halogens is 1. The predicted molar refractivity (Wildman–Crippen MR) is 60.1 cm³/mol. The molecule has 1 unspecified atom stereocenters. The SMILES string of the molecule is CCC(C)(CCl)NC(=O)c1cn(C)cn1. The summed E-state index contributed by atoms with van der Waals surface area (Å²) in [4.78, 5) is 15.7. The van der Waals surface area contributed by atoms with E-state index in [2.05, 4.69) is 10.3 Å². The molecular weight excluding hydrogens is 214 g/mol. The first kappa shape index (κ1) is 12.0. The highest BCUT2D eigenvalue weighted by Crippen LogP contribution is 2.12. The van der Waals surface area contributed by atoms with Crippen LogP contribution in [0.25, 0.3) is 0 Å². The third kappa shape index (κ3) is 2.96. The molecule has 0 aliphatic rings. The van der Waals surface area contributed by atoms with E-state index < -0.39 is 0 Å². The fourth-order valence-electron chi connectivity index (χ4n) is 1.08. The molecule has 1 amide bonds. The van der Waals surface area contributed by atoms with E-state index in [9.17, 15) is 4.79 Å². The molecule has 0 aromatic carbocycles. The van der Waals surface area contributed by atoms with Crippen molar-refractivity contribution < 1.29 is 4.79 Å². The molecular formula is C10H16ClN3O. The van der Waals surface area contributed by atoms with E-state index in [1.165, 1.54) is 0 Å². The van der Waals surface area contributed by atoms with Crippen LogP contribution in [0.15, 0.2) is 12.5 Å². The van der Waals surface area contributed by atoms with E-state index in [0.29, 0.717) is 11.6 Å². The van der Waals surface area contributed by atoms with Crippen molar-refractivity contribution in [3.05, 3.63) is 18.2 Å². The Bertz CT molecular complexity index is 344. The number of nitrogens with one attached hydrogen (secondary N) is 1. The van der Waals surface area contributed by atoms with E-state index in [1.54, 1.807) is 17.1 Å². The largest absolute Gasteiger partial charge is 0.344 e. The van der Waals surface area contributed by atoms with Gasteiger partial charge in [-0.2, -0.15) is 0 Å². The fourth-order valence-corrected chi connectivity index (χ4v) is 1.34. The highest BCUT2D eigenvalue weighted by Gasteiger charge is 2.24. The number of carbonyl (C=O) groups excluding carboxylic acids is 1. The quantitative estimate of drug-likeness (QED) is 0.797. The van der Waals surface area contributed by atoms with Gasteiger partial charge < -0.3 is 9.88 Å². The predicted octanol–water partition coefficient (Wildman–Crippen LogP) is 1.56. The number of aryl methyl sites for hydroxylation is 1. The third-order valence-corrected chi connectivity index (χ3v) is 3.02. The van der Waals surface area contributed by atoms with Crippen LogP contribution in [0.5, 0.6) is 0 Å². The van der Waals surface area contributed by atoms with Crippen LogP contribution < -0.4 is 5.32 Å². The second kappa shape index (κ2) is 4.66. The lowest BCUT2D eigenvalue weighted by molar-refractivity contribution is 0.0907. The number of alkyl halides is 1. The lowest BCUT2D eigenvalue weighted by atomic mass is 10.0. The number of hydrogen-bond donors (Lipinski definition) is 1. The molecule has 84 valence electrons. The summed E-state index contributed by atoms with van der Waals surface area (Å²) in [6.07, 6.45) is 4.06. The molecule has 4 nitrogen and oxygen atoms in total. The summed E-state index contributed by atoms with van der Waals surface area (Å²) in [5, 5.41) is 2.88. The van der Waals surface area contributed by atoms with Crippen LogP contribution in [0.4, 0.5) is 0 Å². The van der Waals surface area contributed by atoms with Gasteiger partial charge in [0.05, 0.1) is 11.9 Å². The molecule has 0 aliphatic carbocycles. The first-order valence-electron chi connectivity index (χ1n) is 4.87. The zero-order chi connectivity index (χ0) is 11.5. The summed E-state index contributed by atoms with van der Waals surface area (Å²) in [5.41, 5.74) is 0.0539. The molecule has 0 saturated heterocycles. The lowest BCUT2D eigenvalue weighted by Gasteiger charge is -2.26. The van der Waals surface area contributed by atoms with Crippen LogP contribution in [-0.2, 0) is 7.05 Å². The van der Waals surface area contributed by atoms with Crippen LogP contribution in [0.1, 0.15) is 30.8 Å². The van der Waals surface area contributed by atoms with E-state index >= 15 is 0 Å². The zero-order valence-electron chi connectivity index (χ0n) is 9.25. The monoisotopic (exact) mass is 229 g/mol. The Hall–Kier alpha value is -1.03. The molecule has 15 heavy (non-hydrogen) atoms. The van der Waals surface area contributed by atoms with E-state index in [-0.39, 0.29) is 11.4 Å². The number of aromatic nitrogens is 2. The van der Waals surface area contributed by atoms with Gasteiger partial charge in [-0.25, -0.2) is 4.98 Å². The van der Waals surface area contributed by atoms with Crippen molar-refractivity contribution >= 4 is 17.5 Å². The molecule has 1 N–H and O–H groups in total. The Balaban J connectivity index is 2.71. The van der Waals surface area contributed by atoms with E-state index in [1.807, 2.05) is 20.9 Å². The third-order valence-electron chi connectivity index (χ3n) is 2.43. The minimum atomic E-state index is -0.365.